The molecule has 2 N–H and O–H groups in total. The molecule has 4 aliphatic rings. The van der Waals surface area contributed by atoms with Crippen LogP contribution in [0.25, 0.3) is 0 Å². The van der Waals surface area contributed by atoms with Crippen molar-refractivity contribution >= 4 is 29.1 Å². The maximum absolute atomic E-state index is 15.5. The topological polar surface area (TPSA) is 90.7 Å². The van der Waals surface area contributed by atoms with Crippen LogP contribution in [-0.2, 0) is 11.8 Å². The fraction of sp³-hybridized carbons (Fsp3) is 0.607. The molecule has 0 radical (unpaired) electrons. The van der Waals surface area contributed by atoms with Crippen LogP contribution in [0.4, 0.5) is 18.9 Å². The lowest BCUT2D eigenvalue weighted by atomic mass is 9.77. The molecule has 1 aromatic heterocycles. The van der Waals surface area contributed by atoms with Crippen molar-refractivity contribution in [3.05, 3.63) is 46.8 Å². The summed E-state index contributed by atoms with van der Waals surface area (Å²) in [5, 5.41) is 13.7. The number of anilines is 1. The number of hydrogen-bond acceptors (Lipinski definition) is 5. The zero-order valence-corrected chi connectivity index (χ0v) is 23.2. The highest BCUT2D eigenvalue weighted by molar-refractivity contribution is 6.31. The van der Waals surface area contributed by atoms with Crippen molar-refractivity contribution < 1.29 is 27.9 Å². The van der Waals surface area contributed by atoms with Gasteiger partial charge in [0.1, 0.15) is 17.1 Å². The Labute approximate surface area is 235 Å². The van der Waals surface area contributed by atoms with Crippen LogP contribution in [-0.4, -0.2) is 81.0 Å². The number of amides is 2. The fourth-order valence-electron chi connectivity index (χ4n) is 7.65. The number of benzene rings is 1. The van der Waals surface area contributed by atoms with Crippen molar-refractivity contribution in [1.82, 2.24) is 19.4 Å². The number of aliphatic hydroxyl groups is 1. The summed E-state index contributed by atoms with van der Waals surface area (Å²) in [5.41, 5.74) is -1.27. The summed E-state index contributed by atoms with van der Waals surface area (Å²) >= 11 is 5.84. The number of likely N-dealkylation sites (tertiary alicyclic amines) is 2. The third kappa shape index (κ3) is 4.41. The van der Waals surface area contributed by atoms with E-state index in [-0.39, 0.29) is 41.0 Å². The number of hydrogen-bond donors (Lipinski definition) is 2. The molecule has 6 rings (SSSR count). The van der Waals surface area contributed by atoms with Crippen molar-refractivity contribution in [3.8, 4) is 0 Å². The summed E-state index contributed by atoms with van der Waals surface area (Å²) in [7, 11) is 3.68. The number of rotatable bonds is 5. The highest BCUT2D eigenvalue weighted by atomic mass is 35.5. The van der Waals surface area contributed by atoms with Gasteiger partial charge in [0.05, 0.1) is 17.0 Å². The second kappa shape index (κ2) is 9.46. The SMILES string of the molecule is CN1CCC2(C1)CN(C(=O)C(F)(F)C1(O)CC3CC(c4ncn(C)c4C(=O)Nc4ccc(F)c(Cl)c4)CC3C1)C2. The zero-order valence-electron chi connectivity index (χ0n) is 22.5. The lowest BCUT2D eigenvalue weighted by molar-refractivity contribution is -0.210. The number of imidazole rings is 1. The van der Waals surface area contributed by atoms with Crippen molar-refractivity contribution in [3.63, 3.8) is 0 Å². The Morgan fingerprint density at radius 2 is 1.82 bits per heavy atom. The fourth-order valence-corrected chi connectivity index (χ4v) is 7.83. The van der Waals surface area contributed by atoms with Gasteiger partial charge in [-0.1, -0.05) is 11.6 Å². The number of nitrogens with one attached hydrogen (secondary N) is 1. The summed E-state index contributed by atoms with van der Waals surface area (Å²) in [6.07, 6.45) is 3.04. The molecular weight excluding hydrogens is 547 g/mol. The van der Waals surface area contributed by atoms with Crippen LogP contribution in [0.2, 0.25) is 5.02 Å². The van der Waals surface area contributed by atoms with Crippen LogP contribution < -0.4 is 5.32 Å². The maximum atomic E-state index is 15.5. The molecule has 0 bridgehead atoms. The molecule has 2 aliphatic heterocycles. The number of nitrogens with zero attached hydrogens (tertiary/aromatic N) is 4. The molecule has 2 atom stereocenters. The van der Waals surface area contributed by atoms with Gasteiger partial charge in [0.25, 0.3) is 11.8 Å². The number of fused-ring (bicyclic) bond motifs is 1. The molecule has 2 aliphatic carbocycles. The smallest absolute Gasteiger partial charge is 0.352 e. The Morgan fingerprint density at radius 1 is 1.15 bits per heavy atom. The minimum absolute atomic E-state index is 0.0990. The maximum Gasteiger partial charge on any atom is 0.352 e. The van der Waals surface area contributed by atoms with Gasteiger partial charge in [0, 0.05) is 43.7 Å². The van der Waals surface area contributed by atoms with E-state index < -0.39 is 29.2 Å². The predicted molar refractivity (Wildman–Crippen MR) is 142 cm³/mol. The van der Waals surface area contributed by atoms with Gasteiger partial charge in [0.15, 0.2) is 0 Å². The Morgan fingerprint density at radius 3 is 2.42 bits per heavy atom. The average molecular weight is 580 g/mol. The zero-order chi connectivity index (χ0) is 28.6. The van der Waals surface area contributed by atoms with Crippen molar-refractivity contribution in [1.29, 1.82) is 0 Å². The van der Waals surface area contributed by atoms with Gasteiger partial charge in [0.2, 0.25) is 0 Å². The molecule has 3 heterocycles. The molecule has 4 fully saturated rings. The molecule has 1 spiro atoms. The minimum Gasteiger partial charge on any atom is -0.383 e. The molecule has 2 saturated carbocycles. The van der Waals surface area contributed by atoms with Crippen molar-refractivity contribution in [2.45, 2.75) is 49.5 Å². The molecule has 1 aromatic carbocycles. The van der Waals surface area contributed by atoms with E-state index in [2.05, 4.69) is 15.2 Å². The van der Waals surface area contributed by atoms with E-state index in [1.165, 1.54) is 23.4 Å². The lowest BCUT2D eigenvalue weighted by Gasteiger charge is -2.50. The largest absolute Gasteiger partial charge is 0.383 e. The van der Waals surface area contributed by atoms with Crippen molar-refractivity contribution in [2.75, 3.05) is 38.5 Å². The van der Waals surface area contributed by atoms with E-state index in [0.717, 1.165) is 25.6 Å². The number of carbonyl (C=O) groups is 2. The Hall–Kier alpha value is -2.63. The number of alkyl halides is 2. The Bertz CT molecular complexity index is 1350. The van der Waals surface area contributed by atoms with Crippen LogP contribution >= 0.6 is 11.6 Å². The summed E-state index contributed by atoms with van der Waals surface area (Å²) in [6.45, 7) is 2.31. The quantitative estimate of drug-likeness (QED) is 0.561. The van der Waals surface area contributed by atoms with Crippen LogP contribution in [0.1, 0.15) is 54.2 Å². The van der Waals surface area contributed by atoms with E-state index in [1.807, 2.05) is 7.05 Å². The summed E-state index contributed by atoms with van der Waals surface area (Å²) < 4.78 is 46.2. The van der Waals surface area contributed by atoms with Gasteiger partial charge in [-0.2, -0.15) is 8.78 Å². The Kier molecular flexibility index (Phi) is 6.51. The number of carbonyl (C=O) groups excluding carboxylic acids is 2. The van der Waals surface area contributed by atoms with Gasteiger partial charge >= 0.3 is 5.92 Å². The molecule has 12 heteroatoms. The van der Waals surface area contributed by atoms with E-state index >= 15 is 8.78 Å². The first kappa shape index (κ1) is 27.5. The number of aryl methyl sites for hydroxylation is 1. The molecule has 2 saturated heterocycles. The minimum atomic E-state index is -3.86. The average Bonchev–Trinajstić information content (AvgIpc) is 3.61. The van der Waals surface area contributed by atoms with E-state index in [1.54, 1.807) is 11.6 Å². The summed E-state index contributed by atoms with van der Waals surface area (Å²) in [6, 6.07) is 3.89. The van der Waals surface area contributed by atoms with Gasteiger partial charge in [-0.15, -0.1) is 0 Å². The molecule has 2 aromatic rings. The first-order chi connectivity index (χ1) is 18.8. The molecule has 40 heavy (non-hydrogen) atoms. The van der Waals surface area contributed by atoms with Crippen LogP contribution in [0, 0.1) is 23.1 Å². The van der Waals surface area contributed by atoms with E-state index in [0.29, 0.717) is 43.0 Å². The molecule has 8 nitrogen and oxygen atoms in total. The monoisotopic (exact) mass is 579 g/mol. The third-order valence-corrected chi connectivity index (χ3v) is 9.90. The molecule has 2 unspecified atom stereocenters. The van der Waals surface area contributed by atoms with Crippen LogP contribution in [0.15, 0.2) is 24.5 Å². The van der Waals surface area contributed by atoms with Gasteiger partial charge < -0.3 is 24.8 Å². The van der Waals surface area contributed by atoms with Crippen LogP contribution in [0.3, 0.4) is 0 Å². The highest BCUT2D eigenvalue weighted by Gasteiger charge is 2.67. The highest BCUT2D eigenvalue weighted by Crippen LogP contribution is 2.58. The predicted octanol–water partition coefficient (Wildman–Crippen LogP) is 3.90. The Balaban J connectivity index is 1.11. The van der Waals surface area contributed by atoms with Gasteiger partial charge in [-0.25, -0.2) is 9.37 Å². The van der Waals surface area contributed by atoms with Crippen molar-refractivity contribution in [2.24, 2.45) is 24.3 Å². The normalized spacial score (nSPS) is 29.6. The molecule has 216 valence electrons. The second-order valence-electron chi connectivity index (χ2n) is 12.5. The van der Waals surface area contributed by atoms with Crippen LogP contribution in [0.5, 0.6) is 0 Å². The summed E-state index contributed by atoms with van der Waals surface area (Å²) in [4.78, 5) is 33.9. The van der Waals surface area contributed by atoms with E-state index in [4.69, 9.17) is 11.6 Å². The molecular formula is C28H33ClF3N5O3. The first-order valence-corrected chi connectivity index (χ1v) is 14.0. The van der Waals surface area contributed by atoms with Gasteiger partial charge in [-0.05, 0) is 75.7 Å². The molecule has 2 amide bonds. The first-order valence-electron chi connectivity index (χ1n) is 13.7. The lowest BCUT2D eigenvalue weighted by Crippen LogP contribution is -2.66. The third-order valence-electron chi connectivity index (χ3n) is 9.61. The number of halogens is 4. The summed E-state index contributed by atoms with van der Waals surface area (Å²) in [5.74, 6) is -6.74. The second-order valence-corrected chi connectivity index (χ2v) is 12.9. The number of aromatic nitrogens is 2. The van der Waals surface area contributed by atoms with E-state index in [9.17, 15) is 19.1 Å². The van der Waals surface area contributed by atoms with Gasteiger partial charge in [-0.3, -0.25) is 9.59 Å². The standard InChI is InChI=1S/C28H33ClF3N5O3/c1-35-6-5-26(12-35)13-37(14-26)25(39)28(31,32)27(40)10-17-7-16(8-18(17)11-27)22-23(36(2)15-33-22)24(38)34-19-3-4-21(30)20(29)9-19/h3-4,9,15-18,40H,5-8,10-14H2,1-2H3,(H,34,38).